The van der Waals surface area contributed by atoms with Crippen LogP contribution in [0.4, 0.5) is 0 Å². The maximum Gasteiger partial charge on any atom is 0.150 e. The number of alkyl halides is 1. The minimum atomic E-state index is -0.295. The Bertz CT molecular complexity index is 110. The van der Waals surface area contributed by atoms with Crippen molar-refractivity contribution in [1.82, 2.24) is 0 Å². The number of hydrogen-bond acceptors (Lipinski definition) is 1. The number of ketones is 1. The number of rotatable bonds is 6. The second kappa shape index (κ2) is 6.66. The highest BCUT2D eigenvalue weighted by molar-refractivity contribution is 6.30. The van der Waals surface area contributed by atoms with E-state index >= 15 is 0 Å². The van der Waals surface area contributed by atoms with E-state index in [1.54, 1.807) is 6.92 Å². The summed E-state index contributed by atoms with van der Waals surface area (Å²) >= 11 is 5.59. The molecule has 0 saturated heterocycles. The first-order valence-electron chi connectivity index (χ1n) is 4.35. The number of unbranched alkanes of at least 4 members (excludes halogenated alkanes) is 3. The molecule has 1 nitrogen and oxygen atoms in total. The van der Waals surface area contributed by atoms with Crippen LogP contribution in [-0.2, 0) is 4.79 Å². The molecule has 0 fully saturated rings. The van der Waals surface area contributed by atoms with Crippen molar-refractivity contribution in [2.75, 3.05) is 0 Å². The van der Waals surface area contributed by atoms with Gasteiger partial charge in [0, 0.05) is 6.42 Å². The van der Waals surface area contributed by atoms with Crippen molar-refractivity contribution < 1.29 is 4.79 Å². The fraction of sp³-hybridized carbons (Fsp3) is 0.889. The van der Waals surface area contributed by atoms with Crippen molar-refractivity contribution >= 4 is 17.4 Å². The lowest BCUT2D eigenvalue weighted by Crippen LogP contribution is -2.09. The summed E-state index contributed by atoms with van der Waals surface area (Å²) in [5.74, 6) is 0.183. The van der Waals surface area contributed by atoms with E-state index < -0.39 is 0 Å². The Balaban J connectivity index is 3.18. The molecule has 0 rings (SSSR count). The highest BCUT2D eigenvalue weighted by Gasteiger charge is 2.07. The predicted molar refractivity (Wildman–Crippen MR) is 49.1 cm³/mol. The van der Waals surface area contributed by atoms with Gasteiger partial charge in [-0.25, -0.2) is 0 Å². The van der Waals surface area contributed by atoms with E-state index in [4.69, 9.17) is 11.6 Å². The SMILES string of the molecule is CCCCCCC(=O)C(C)Cl. The van der Waals surface area contributed by atoms with Crippen molar-refractivity contribution in [3.05, 3.63) is 0 Å². The quantitative estimate of drug-likeness (QED) is 0.449. The molecule has 1 unspecified atom stereocenters. The summed E-state index contributed by atoms with van der Waals surface area (Å²) in [5.41, 5.74) is 0. The van der Waals surface area contributed by atoms with E-state index in [1.165, 1.54) is 12.8 Å². The molecular weight excluding hydrogens is 160 g/mol. The number of carbonyl (C=O) groups is 1. The third-order valence-electron chi connectivity index (χ3n) is 1.72. The molecule has 0 saturated carbocycles. The average Bonchev–Trinajstić information content (AvgIpc) is 1.97. The summed E-state index contributed by atoms with van der Waals surface area (Å²) in [7, 11) is 0. The van der Waals surface area contributed by atoms with Gasteiger partial charge in [0.1, 0.15) is 5.78 Å². The zero-order valence-corrected chi connectivity index (χ0v) is 8.16. The van der Waals surface area contributed by atoms with Crippen molar-refractivity contribution in [2.45, 2.75) is 51.3 Å². The molecular formula is C9H17ClO. The highest BCUT2D eigenvalue weighted by atomic mass is 35.5. The van der Waals surface area contributed by atoms with E-state index in [2.05, 4.69) is 6.92 Å². The summed E-state index contributed by atoms with van der Waals surface area (Å²) in [5, 5.41) is -0.295. The van der Waals surface area contributed by atoms with Crippen LogP contribution in [0.1, 0.15) is 46.0 Å². The first-order chi connectivity index (χ1) is 5.18. The monoisotopic (exact) mass is 176 g/mol. The number of Topliss-reactive ketones (excluding diaryl/α,β-unsaturated/α-hetero) is 1. The first-order valence-corrected chi connectivity index (χ1v) is 4.79. The minimum absolute atomic E-state index is 0.183. The molecule has 0 spiro atoms. The van der Waals surface area contributed by atoms with Gasteiger partial charge in [0.2, 0.25) is 0 Å². The third-order valence-corrected chi connectivity index (χ3v) is 1.96. The maximum atomic E-state index is 11.0. The van der Waals surface area contributed by atoms with Crippen LogP contribution in [-0.4, -0.2) is 11.2 Å². The Morgan fingerprint density at radius 2 is 2.00 bits per heavy atom. The average molecular weight is 177 g/mol. The van der Waals surface area contributed by atoms with E-state index in [0.29, 0.717) is 6.42 Å². The molecule has 2 heteroatoms. The molecule has 0 aromatic carbocycles. The summed E-state index contributed by atoms with van der Waals surface area (Å²) in [6.45, 7) is 3.90. The molecule has 0 aliphatic rings. The Morgan fingerprint density at radius 1 is 1.36 bits per heavy atom. The van der Waals surface area contributed by atoms with Gasteiger partial charge in [0.25, 0.3) is 0 Å². The van der Waals surface area contributed by atoms with Gasteiger partial charge in [-0.05, 0) is 13.3 Å². The van der Waals surface area contributed by atoms with Crippen LogP contribution in [0.25, 0.3) is 0 Å². The van der Waals surface area contributed by atoms with E-state index in [-0.39, 0.29) is 11.2 Å². The van der Waals surface area contributed by atoms with Gasteiger partial charge >= 0.3 is 0 Å². The summed E-state index contributed by atoms with van der Waals surface area (Å²) < 4.78 is 0. The zero-order valence-electron chi connectivity index (χ0n) is 7.40. The highest BCUT2D eigenvalue weighted by Crippen LogP contribution is 2.06. The number of halogens is 1. The predicted octanol–water partition coefficient (Wildman–Crippen LogP) is 3.15. The normalized spacial score (nSPS) is 13.0. The Hall–Kier alpha value is -0.0400. The Morgan fingerprint density at radius 3 is 2.45 bits per heavy atom. The molecule has 0 aromatic heterocycles. The molecule has 0 N–H and O–H groups in total. The van der Waals surface area contributed by atoms with Crippen LogP contribution >= 0.6 is 11.6 Å². The zero-order chi connectivity index (χ0) is 8.69. The molecule has 0 aliphatic heterocycles. The van der Waals surface area contributed by atoms with Crippen LogP contribution in [0.2, 0.25) is 0 Å². The van der Waals surface area contributed by atoms with E-state index in [9.17, 15) is 4.79 Å². The van der Waals surface area contributed by atoms with Gasteiger partial charge in [0.05, 0.1) is 5.38 Å². The van der Waals surface area contributed by atoms with Crippen molar-refractivity contribution in [3.8, 4) is 0 Å². The van der Waals surface area contributed by atoms with Gasteiger partial charge in [-0.2, -0.15) is 0 Å². The lowest BCUT2D eigenvalue weighted by Gasteiger charge is -2.00. The summed E-state index contributed by atoms with van der Waals surface area (Å²) in [6.07, 6.45) is 5.26. The topological polar surface area (TPSA) is 17.1 Å². The fourth-order valence-electron chi connectivity index (χ4n) is 0.925. The van der Waals surface area contributed by atoms with Crippen LogP contribution in [0.3, 0.4) is 0 Å². The van der Waals surface area contributed by atoms with Gasteiger partial charge in [0.15, 0.2) is 0 Å². The molecule has 0 aromatic rings. The number of carbonyl (C=O) groups excluding carboxylic acids is 1. The van der Waals surface area contributed by atoms with Gasteiger partial charge < -0.3 is 0 Å². The second-order valence-electron chi connectivity index (χ2n) is 2.89. The summed E-state index contributed by atoms with van der Waals surface area (Å²) in [6, 6.07) is 0. The van der Waals surface area contributed by atoms with Crippen LogP contribution in [0.15, 0.2) is 0 Å². The van der Waals surface area contributed by atoms with Crippen LogP contribution < -0.4 is 0 Å². The first kappa shape index (κ1) is 11.0. The number of hydrogen-bond donors (Lipinski definition) is 0. The minimum Gasteiger partial charge on any atom is -0.298 e. The second-order valence-corrected chi connectivity index (χ2v) is 3.55. The van der Waals surface area contributed by atoms with E-state index in [1.807, 2.05) is 0 Å². The molecule has 0 amide bonds. The standard InChI is InChI=1S/C9H17ClO/c1-3-4-5-6-7-9(11)8(2)10/h8H,3-7H2,1-2H3. The fourth-order valence-corrected chi connectivity index (χ4v) is 1.03. The molecule has 0 aliphatic carbocycles. The molecule has 66 valence electrons. The molecule has 1 atom stereocenters. The summed E-state index contributed by atoms with van der Waals surface area (Å²) in [4.78, 5) is 11.0. The largest absolute Gasteiger partial charge is 0.298 e. The Labute approximate surface area is 74.1 Å². The van der Waals surface area contributed by atoms with E-state index in [0.717, 1.165) is 12.8 Å². The lowest BCUT2D eigenvalue weighted by molar-refractivity contribution is -0.118. The molecule has 0 radical (unpaired) electrons. The van der Waals surface area contributed by atoms with Crippen molar-refractivity contribution in [2.24, 2.45) is 0 Å². The van der Waals surface area contributed by atoms with Crippen LogP contribution in [0.5, 0.6) is 0 Å². The Kier molecular flexibility index (Phi) is 6.63. The lowest BCUT2D eigenvalue weighted by atomic mass is 10.1. The molecule has 0 bridgehead atoms. The molecule has 11 heavy (non-hydrogen) atoms. The molecule has 0 heterocycles. The smallest absolute Gasteiger partial charge is 0.150 e. The van der Waals surface area contributed by atoms with Crippen LogP contribution in [0, 0.1) is 0 Å². The van der Waals surface area contributed by atoms with Crippen molar-refractivity contribution in [1.29, 1.82) is 0 Å². The third kappa shape index (κ3) is 6.36. The maximum absolute atomic E-state index is 11.0. The van der Waals surface area contributed by atoms with Crippen molar-refractivity contribution in [3.63, 3.8) is 0 Å². The van der Waals surface area contributed by atoms with Gasteiger partial charge in [-0.3, -0.25) is 4.79 Å². The van der Waals surface area contributed by atoms with Gasteiger partial charge in [-0.1, -0.05) is 26.2 Å². The van der Waals surface area contributed by atoms with Gasteiger partial charge in [-0.15, -0.1) is 11.6 Å².